The lowest BCUT2D eigenvalue weighted by atomic mass is 10.1. The third-order valence-electron chi connectivity index (χ3n) is 4.13. The van der Waals surface area contributed by atoms with Gasteiger partial charge in [0.15, 0.2) is 5.96 Å². The standard InChI is InChI=1S/C14H25N3O/c1-15-14(16-12-4-5-12)17-8-6-13(7-9-17)18-10-11-2-3-11/h11-13H,2-10H2,1H3,(H,15,16). The van der Waals surface area contributed by atoms with Crippen LogP contribution >= 0.6 is 0 Å². The fraction of sp³-hybridized carbons (Fsp3) is 0.929. The molecule has 1 saturated heterocycles. The average Bonchev–Trinajstić information content (AvgIpc) is 3.28. The molecule has 0 amide bonds. The minimum Gasteiger partial charge on any atom is -0.378 e. The maximum atomic E-state index is 5.98. The molecular weight excluding hydrogens is 226 g/mol. The molecule has 3 rings (SSSR count). The maximum Gasteiger partial charge on any atom is 0.193 e. The zero-order valence-corrected chi connectivity index (χ0v) is 11.4. The number of guanidine groups is 1. The molecule has 1 heterocycles. The third kappa shape index (κ3) is 3.37. The topological polar surface area (TPSA) is 36.9 Å². The molecule has 0 unspecified atom stereocenters. The number of nitrogens with one attached hydrogen (secondary N) is 1. The first-order valence-electron chi connectivity index (χ1n) is 7.45. The summed E-state index contributed by atoms with van der Waals surface area (Å²) in [5, 5.41) is 3.52. The minimum absolute atomic E-state index is 0.487. The van der Waals surface area contributed by atoms with Crippen molar-refractivity contribution in [3.63, 3.8) is 0 Å². The van der Waals surface area contributed by atoms with Crippen molar-refractivity contribution < 1.29 is 4.74 Å². The van der Waals surface area contributed by atoms with E-state index in [1.165, 1.54) is 25.7 Å². The molecule has 1 aliphatic heterocycles. The predicted molar refractivity (Wildman–Crippen MR) is 72.8 cm³/mol. The molecule has 4 heteroatoms. The van der Waals surface area contributed by atoms with E-state index in [0.29, 0.717) is 12.1 Å². The van der Waals surface area contributed by atoms with Gasteiger partial charge in [-0.15, -0.1) is 0 Å². The molecule has 0 bridgehead atoms. The van der Waals surface area contributed by atoms with Gasteiger partial charge in [0.05, 0.1) is 6.10 Å². The van der Waals surface area contributed by atoms with Crippen LogP contribution in [0.3, 0.4) is 0 Å². The molecule has 2 aliphatic carbocycles. The highest BCUT2D eigenvalue weighted by molar-refractivity contribution is 5.80. The van der Waals surface area contributed by atoms with E-state index in [2.05, 4.69) is 15.2 Å². The summed E-state index contributed by atoms with van der Waals surface area (Å²) in [6, 6.07) is 0.688. The van der Waals surface area contributed by atoms with Crippen molar-refractivity contribution in [1.29, 1.82) is 0 Å². The molecule has 3 fully saturated rings. The summed E-state index contributed by atoms with van der Waals surface area (Å²) < 4.78 is 5.98. The number of nitrogens with zero attached hydrogens (tertiary/aromatic N) is 2. The van der Waals surface area contributed by atoms with Gasteiger partial charge in [0.1, 0.15) is 0 Å². The van der Waals surface area contributed by atoms with Crippen LogP contribution in [0.1, 0.15) is 38.5 Å². The molecule has 0 aromatic rings. The number of hydrogen-bond donors (Lipinski definition) is 1. The summed E-state index contributed by atoms with van der Waals surface area (Å²) >= 11 is 0. The normalized spacial score (nSPS) is 26.5. The lowest BCUT2D eigenvalue weighted by molar-refractivity contribution is 0.0131. The summed E-state index contributed by atoms with van der Waals surface area (Å²) in [5.41, 5.74) is 0. The van der Waals surface area contributed by atoms with Gasteiger partial charge in [0.25, 0.3) is 0 Å². The summed E-state index contributed by atoms with van der Waals surface area (Å²) in [6.45, 7) is 3.17. The largest absolute Gasteiger partial charge is 0.378 e. The van der Waals surface area contributed by atoms with E-state index in [0.717, 1.165) is 44.4 Å². The van der Waals surface area contributed by atoms with Gasteiger partial charge in [-0.3, -0.25) is 4.99 Å². The van der Waals surface area contributed by atoms with E-state index in [4.69, 9.17) is 4.74 Å². The first-order chi connectivity index (χ1) is 8.85. The molecule has 3 aliphatic rings. The predicted octanol–water partition coefficient (Wildman–Crippen LogP) is 1.62. The Hall–Kier alpha value is -0.770. The molecule has 1 N–H and O–H groups in total. The van der Waals surface area contributed by atoms with E-state index < -0.39 is 0 Å². The second-order valence-electron chi connectivity index (χ2n) is 5.93. The zero-order chi connectivity index (χ0) is 12.4. The van der Waals surface area contributed by atoms with Gasteiger partial charge in [-0.05, 0) is 44.4 Å². The van der Waals surface area contributed by atoms with Crippen LogP contribution in [0.25, 0.3) is 0 Å². The van der Waals surface area contributed by atoms with Crippen molar-refractivity contribution in [2.45, 2.75) is 50.7 Å². The van der Waals surface area contributed by atoms with Crippen molar-refractivity contribution in [2.24, 2.45) is 10.9 Å². The van der Waals surface area contributed by atoms with E-state index in [1.54, 1.807) is 0 Å². The zero-order valence-electron chi connectivity index (χ0n) is 11.4. The SMILES string of the molecule is CN=C(NC1CC1)N1CCC(OCC2CC2)CC1. The number of ether oxygens (including phenoxy) is 1. The first-order valence-corrected chi connectivity index (χ1v) is 7.45. The number of rotatable bonds is 4. The molecule has 18 heavy (non-hydrogen) atoms. The van der Waals surface area contributed by atoms with E-state index in [1.807, 2.05) is 7.05 Å². The third-order valence-corrected chi connectivity index (χ3v) is 4.13. The molecule has 4 nitrogen and oxygen atoms in total. The molecule has 0 aromatic carbocycles. The molecule has 0 radical (unpaired) electrons. The lowest BCUT2D eigenvalue weighted by Crippen LogP contribution is -2.47. The molecular formula is C14H25N3O. The van der Waals surface area contributed by atoms with Crippen LogP contribution in [0, 0.1) is 5.92 Å². The highest BCUT2D eigenvalue weighted by Gasteiger charge is 2.28. The summed E-state index contributed by atoms with van der Waals surface area (Å²) in [5.74, 6) is 1.98. The van der Waals surface area contributed by atoms with Gasteiger partial charge in [-0.2, -0.15) is 0 Å². The molecule has 0 spiro atoms. The number of hydrogen-bond acceptors (Lipinski definition) is 2. The van der Waals surface area contributed by atoms with Crippen molar-refractivity contribution in [2.75, 3.05) is 26.7 Å². The highest BCUT2D eigenvalue weighted by atomic mass is 16.5. The Morgan fingerprint density at radius 1 is 1.17 bits per heavy atom. The number of piperidine rings is 1. The quantitative estimate of drug-likeness (QED) is 0.609. The molecule has 2 saturated carbocycles. The molecule has 0 atom stereocenters. The Bertz CT molecular complexity index is 302. The second-order valence-corrected chi connectivity index (χ2v) is 5.93. The van der Waals surface area contributed by atoms with Crippen LogP contribution in [0.2, 0.25) is 0 Å². The fourth-order valence-electron chi connectivity index (χ4n) is 2.50. The molecule has 0 aromatic heterocycles. The highest BCUT2D eigenvalue weighted by Crippen LogP contribution is 2.30. The lowest BCUT2D eigenvalue weighted by Gasteiger charge is -2.34. The van der Waals surface area contributed by atoms with E-state index in [-0.39, 0.29) is 0 Å². The van der Waals surface area contributed by atoms with Gasteiger partial charge in [0, 0.05) is 32.8 Å². The monoisotopic (exact) mass is 251 g/mol. The smallest absolute Gasteiger partial charge is 0.193 e. The fourth-order valence-corrected chi connectivity index (χ4v) is 2.50. The average molecular weight is 251 g/mol. The Balaban J connectivity index is 1.40. The Morgan fingerprint density at radius 2 is 1.89 bits per heavy atom. The Morgan fingerprint density at radius 3 is 2.44 bits per heavy atom. The van der Waals surface area contributed by atoms with Crippen LogP contribution in [0.15, 0.2) is 4.99 Å². The van der Waals surface area contributed by atoms with Crippen molar-refractivity contribution in [3.8, 4) is 0 Å². The van der Waals surface area contributed by atoms with Crippen LogP contribution in [-0.2, 0) is 4.74 Å². The molecule has 102 valence electrons. The second kappa shape index (κ2) is 5.47. The van der Waals surface area contributed by atoms with Gasteiger partial charge in [0.2, 0.25) is 0 Å². The van der Waals surface area contributed by atoms with Gasteiger partial charge in [-0.1, -0.05) is 0 Å². The Kier molecular flexibility index (Phi) is 3.73. The minimum atomic E-state index is 0.487. The van der Waals surface area contributed by atoms with Crippen LogP contribution < -0.4 is 5.32 Å². The maximum absolute atomic E-state index is 5.98. The first kappa shape index (κ1) is 12.3. The Labute approximate surface area is 110 Å². The number of aliphatic imine (C=N–C) groups is 1. The van der Waals surface area contributed by atoms with Gasteiger partial charge < -0.3 is 15.0 Å². The van der Waals surface area contributed by atoms with Crippen LogP contribution in [0.4, 0.5) is 0 Å². The van der Waals surface area contributed by atoms with E-state index in [9.17, 15) is 0 Å². The number of likely N-dealkylation sites (tertiary alicyclic amines) is 1. The van der Waals surface area contributed by atoms with Gasteiger partial charge >= 0.3 is 0 Å². The summed E-state index contributed by atoms with van der Waals surface area (Å²) in [6.07, 6.45) is 8.17. The van der Waals surface area contributed by atoms with Crippen molar-refractivity contribution in [1.82, 2.24) is 10.2 Å². The van der Waals surface area contributed by atoms with Crippen molar-refractivity contribution >= 4 is 5.96 Å². The summed E-state index contributed by atoms with van der Waals surface area (Å²) in [4.78, 5) is 6.78. The van der Waals surface area contributed by atoms with Crippen LogP contribution in [-0.4, -0.2) is 49.7 Å². The van der Waals surface area contributed by atoms with Crippen molar-refractivity contribution in [3.05, 3.63) is 0 Å². The van der Waals surface area contributed by atoms with E-state index >= 15 is 0 Å². The van der Waals surface area contributed by atoms with Gasteiger partial charge in [-0.25, -0.2) is 0 Å². The summed E-state index contributed by atoms with van der Waals surface area (Å²) in [7, 11) is 1.89. The van der Waals surface area contributed by atoms with Crippen LogP contribution in [0.5, 0.6) is 0 Å².